The number of hydrogen-bond donors (Lipinski definition) is 2. The highest BCUT2D eigenvalue weighted by Crippen LogP contribution is 2.50. The van der Waals surface area contributed by atoms with Crippen LogP contribution >= 0.6 is 0 Å². The first-order valence-corrected chi connectivity index (χ1v) is 4.69. The van der Waals surface area contributed by atoms with Crippen molar-refractivity contribution >= 4 is 10.5 Å². The van der Waals surface area contributed by atoms with Crippen molar-refractivity contribution in [3.05, 3.63) is 0 Å². The molecule has 19 heavy (non-hydrogen) atoms. The van der Waals surface area contributed by atoms with E-state index in [1.807, 2.05) is 0 Å². The monoisotopic (exact) mass is 336 g/mol. The second kappa shape index (κ2) is 5.28. The largest absolute Gasteiger partial charge is 0.459 e. The van der Waals surface area contributed by atoms with E-state index in [4.69, 9.17) is 18.1 Å². The van der Waals surface area contributed by atoms with E-state index in [0.29, 0.717) is 0 Å². The molecule has 0 saturated carbocycles. The Morgan fingerprint density at radius 2 is 0.947 bits per heavy atom. The van der Waals surface area contributed by atoms with Gasteiger partial charge in [-0.2, -0.15) is 47.9 Å². The predicted molar refractivity (Wildman–Crippen MR) is 35.8 cm³/mol. The normalized spacial score (nSPS) is 17.3. The maximum Gasteiger partial charge on any atom is 0.459 e. The quantitative estimate of drug-likeness (QED) is 0.437. The van der Waals surface area contributed by atoms with Gasteiger partial charge < -0.3 is 5.11 Å². The molecule has 0 heterocycles. The Labute approximate surface area is 97.2 Å². The van der Waals surface area contributed by atoms with Crippen LogP contribution in [0, 0.1) is 0 Å². The smallest absolute Gasteiger partial charge is 0.350 e. The van der Waals surface area contributed by atoms with Crippen molar-refractivity contribution in [3.8, 4) is 0 Å². The second-order valence-electron chi connectivity index (χ2n) is 2.60. The van der Waals surface area contributed by atoms with Crippen molar-refractivity contribution in [2.75, 3.05) is 0 Å². The third-order valence-corrected chi connectivity index (χ3v) is 1.15. The van der Waals surface area contributed by atoms with Gasteiger partial charge in [0.15, 0.2) is 0 Å². The van der Waals surface area contributed by atoms with Crippen molar-refractivity contribution < 1.29 is 61.5 Å². The van der Waals surface area contributed by atoms with Gasteiger partial charge in [0.05, 0.1) is 0 Å². The maximum atomic E-state index is 11.8. The first-order valence-electron chi connectivity index (χ1n) is 3.34. The molecular weight excluding hydrogens is 334 g/mol. The highest BCUT2D eigenvalue weighted by Gasteiger charge is 2.81. The van der Waals surface area contributed by atoms with Crippen LogP contribution in [0.3, 0.4) is 0 Å². The third kappa shape index (κ3) is 5.77. The Balaban J connectivity index is 0. The van der Waals surface area contributed by atoms with Gasteiger partial charge in [-0.25, -0.2) is 0 Å². The third-order valence-electron chi connectivity index (χ3n) is 1.15. The standard InChI is InChI=1S/C4HF9O.FHO3S/c5-1(6,3(8,9)10)2(7,14)4(11,12)13;1-5(2,3)4/h14H;(H,2,3,4). The zero-order valence-corrected chi connectivity index (χ0v) is 8.72. The molecule has 0 bridgehead atoms. The van der Waals surface area contributed by atoms with Gasteiger partial charge in [0.25, 0.3) is 0 Å². The minimum absolute atomic E-state index is 5.17. The molecule has 0 spiro atoms. The summed E-state index contributed by atoms with van der Waals surface area (Å²) >= 11 is 0. The highest BCUT2D eigenvalue weighted by molar-refractivity contribution is 7.80. The molecule has 1 unspecified atom stereocenters. The summed E-state index contributed by atoms with van der Waals surface area (Å²) in [5.41, 5.74) is 0. The highest BCUT2D eigenvalue weighted by atomic mass is 32.3. The fourth-order valence-corrected chi connectivity index (χ4v) is 0.366. The number of halogens is 10. The zero-order chi connectivity index (χ0) is 16.5. The topological polar surface area (TPSA) is 74.6 Å². The summed E-state index contributed by atoms with van der Waals surface area (Å²) in [6, 6.07) is 0. The van der Waals surface area contributed by atoms with Gasteiger partial charge in [-0.05, 0) is 0 Å². The summed E-state index contributed by atoms with van der Waals surface area (Å²) in [5.74, 6) is -13.6. The molecular formula is C4H2F10O4S. The van der Waals surface area contributed by atoms with E-state index in [0.717, 1.165) is 0 Å². The van der Waals surface area contributed by atoms with Gasteiger partial charge in [-0.1, -0.05) is 3.89 Å². The van der Waals surface area contributed by atoms with Crippen LogP contribution in [0.4, 0.5) is 43.4 Å². The van der Waals surface area contributed by atoms with Crippen LogP contribution in [-0.2, 0) is 10.5 Å². The molecule has 0 fully saturated rings. The number of hydrogen-bond acceptors (Lipinski definition) is 3. The average molecular weight is 336 g/mol. The van der Waals surface area contributed by atoms with Crippen LogP contribution in [0.5, 0.6) is 0 Å². The summed E-state index contributed by atoms with van der Waals surface area (Å²) in [6.45, 7) is 0. The first kappa shape index (κ1) is 20.5. The van der Waals surface area contributed by atoms with Gasteiger partial charge in [0.1, 0.15) is 0 Å². The van der Waals surface area contributed by atoms with Gasteiger partial charge >= 0.3 is 34.6 Å². The van der Waals surface area contributed by atoms with Gasteiger partial charge in [-0.3, -0.25) is 4.55 Å². The molecule has 0 aromatic rings. The van der Waals surface area contributed by atoms with Crippen molar-refractivity contribution in [1.82, 2.24) is 0 Å². The lowest BCUT2D eigenvalue weighted by atomic mass is 10.1. The van der Waals surface area contributed by atoms with E-state index in [1.165, 1.54) is 0 Å². The molecule has 0 rings (SSSR count). The summed E-state index contributed by atoms with van der Waals surface area (Å²) in [5, 5.41) is 7.45. The van der Waals surface area contributed by atoms with Crippen molar-refractivity contribution in [3.63, 3.8) is 0 Å². The molecule has 15 heteroatoms. The lowest BCUT2D eigenvalue weighted by molar-refractivity contribution is -0.441. The molecule has 0 amide bonds. The fraction of sp³-hybridized carbons (Fsp3) is 1.00. The fourth-order valence-electron chi connectivity index (χ4n) is 0.366. The van der Waals surface area contributed by atoms with Crippen LogP contribution in [0.1, 0.15) is 0 Å². The molecule has 0 aromatic heterocycles. The van der Waals surface area contributed by atoms with Crippen LogP contribution in [0.15, 0.2) is 0 Å². The van der Waals surface area contributed by atoms with E-state index in [2.05, 4.69) is 0 Å². The minimum atomic E-state index is -6.92. The molecule has 4 nitrogen and oxygen atoms in total. The van der Waals surface area contributed by atoms with Crippen LogP contribution in [0.2, 0.25) is 0 Å². The van der Waals surface area contributed by atoms with Crippen LogP contribution in [-0.4, -0.2) is 42.2 Å². The summed E-state index contributed by atoms with van der Waals surface area (Å²) < 4.78 is 137. The van der Waals surface area contributed by atoms with Crippen molar-refractivity contribution in [2.24, 2.45) is 0 Å². The molecule has 0 aliphatic heterocycles. The maximum absolute atomic E-state index is 11.8. The Morgan fingerprint density at radius 1 is 0.737 bits per heavy atom. The Hall–Kier alpha value is -0.830. The van der Waals surface area contributed by atoms with E-state index < -0.39 is 34.6 Å². The zero-order valence-electron chi connectivity index (χ0n) is 7.90. The first-order chi connectivity index (χ1) is 7.75. The van der Waals surface area contributed by atoms with Crippen molar-refractivity contribution in [1.29, 1.82) is 0 Å². The van der Waals surface area contributed by atoms with Crippen LogP contribution in [0.25, 0.3) is 0 Å². The molecule has 0 aliphatic carbocycles. The molecule has 118 valence electrons. The van der Waals surface area contributed by atoms with E-state index in [1.54, 1.807) is 0 Å². The van der Waals surface area contributed by atoms with E-state index >= 15 is 0 Å². The molecule has 0 aliphatic rings. The molecule has 0 radical (unpaired) electrons. The second-order valence-corrected chi connectivity index (χ2v) is 3.43. The lowest BCUT2D eigenvalue weighted by Gasteiger charge is -2.31. The average Bonchev–Trinajstić information content (AvgIpc) is 1.95. The molecule has 0 aromatic carbocycles. The Kier molecular flexibility index (Phi) is 5.69. The van der Waals surface area contributed by atoms with Gasteiger partial charge in [0.2, 0.25) is 0 Å². The molecule has 2 N–H and O–H groups in total. The van der Waals surface area contributed by atoms with Gasteiger partial charge in [0, 0.05) is 0 Å². The predicted octanol–water partition coefficient (Wildman–Crippen LogP) is 2.16. The van der Waals surface area contributed by atoms with E-state index in [-0.39, 0.29) is 0 Å². The summed E-state index contributed by atoms with van der Waals surface area (Å²) in [4.78, 5) is 0. The SMILES string of the molecule is O=S(=O)(O)F.OC(F)(C(F)(F)F)C(F)(F)C(F)(F)F. The minimum Gasteiger partial charge on any atom is -0.350 e. The Bertz CT molecular complexity index is 359. The summed E-state index contributed by atoms with van der Waals surface area (Å²) in [7, 11) is -5.17. The van der Waals surface area contributed by atoms with E-state index in [9.17, 15) is 43.4 Å². The Morgan fingerprint density at radius 3 is 1.00 bits per heavy atom. The molecule has 1 atom stereocenters. The molecule has 0 saturated heterocycles. The van der Waals surface area contributed by atoms with Crippen LogP contribution < -0.4 is 0 Å². The van der Waals surface area contributed by atoms with Crippen molar-refractivity contribution in [2.45, 2.75) is 24.1 Å². The lowest BCUT2D eigenvalue weighted by Crippen LogP contribution is -2.62. The summed E-state index contributed by atoms with van der Waals surface area (Å²) in [6.07, 6.45) is -13.6. The number of aliphatic hydroxyl groups is 1. The van der Waals surface area contributed by atoms with Gasteiger partial charge in [-0.15, -0.1) is 0 Å². The number of alkyl halides is 9. The number of rotatable bonds is 1.